The molecule has 1 aromatic carbocycles. The number of esters is 1. The molecule has 41 heavy (non-hydrogen) atoms. The van der Waals surface area contributed by atoms with Crippen molar-refractivity contribution in [2.75, 3.05) is 34.4 Å². The lowest BCUT2D eigenvalue weighted by Crippen LogP contribution is -2.81. The Balaban J connectivity index is 1.38. The van der Waals surface area contributed by atoms with Gasteiger partial charge in [-0.2, -0.15) is 0 Å². The molecule has 224 valence electrons. The van der Waals surface area contributed by atoms with Crippen LogP contribution >= 0.6 is 0 Å². The first-order valence-corrected chi connectivity index (χ1v) is 15.4. The molecule has 5 saturated carbocycles. The van der Waals surface area contributed by atoms with Crippen LogP contribution in [0.25, 0.3) is 6.08 Å². The second-order valence-electron chi connectivity index (χ2n) is 13.9. The predicted octanol–water partition coefficient (Wildman–Crippen LogP) is 2.91. The Morgan fingerprint density at radius 3 is 2.54 bits per heavy atom. The summed E-state index contributed by atoms with van der Waals surface area (Å²) in [6, 6.07) is 9.32. The molecule has 1 aliphatic heterocycles. The second-order valence-corrected chi connectivity index (χ2v) is 13.9. The van der Waals surface area contributed by atoms with Gasteiger partial charge >= 0.3 is 5.97 Å². The molecule has 7 bridgehead atoms. The van der Waals surface area contributed by atoms with E-state index in [1.807, 2.05) is 30.3 Å². The van der Waals surface area contributed by atoms with Crippen LogP contribution in [0, 0.1) is 34.5 Å². The van der Waals surface area contributed by atoms with Crippen molar-refractivity contribution < 1.29 is 34.0 Å². The molecule has 1 spiro atoms. The van der Waals surface area contributed by atoms with Crippen LogP contribution in [0.15, 0.2) is 36.4 Å². The zero-order valence-electron chi connectivity index (χ0n) is 24.9. The van der Waals surface area contributed by atoms with Crippen LogP contribution in [0.4, 0.5) is 0 Å². The standard InChI is InChI=1S/C33H45NO7/c1-6-34-18-30(2)15-14-23(39-4)32-21-16-20-22(38-3)17-31(36,33(37,29(32)34)28(40-5)27(30)32)25(21)26(20)41-24(35)13-12-19-10-8-7-9-11-19/h7-13,20-23,25-29,36-37H,6,14-18H2,1-5H3/b13-12+/t20-,21-,22+,23+,25-,26+,27-,28+,29+,30+,31-,32+,33+/m1/s1. The number of hydrogen-bond donors (Lipinski definition) is 2. The molecule has 6 aliphatic rings. The Hall–Kier alpha value is -1.81. The number of piperidine rings is 1. The molecule has 2 N–H and O–H groups in total. The third-order valence-corrected chi connectivity index (χ3v) is 12.7. The van der Waals surface area contributed by atoms with Gasteiger partial charge in [0.15, 0.2) is 0 Å². The van der Waals surface area contributed by atoms with Crippen molar-refractivity contribution in [3.05, 3.63) is 42.0 Å². The first kappa shape index (κ1) is 28.0. The topological polar surface area (TPSA) is 97.7 Å². The molecular weight excluding hydrogens is 522 g/mol. The number of rotatable bonds is 7. The summed E-state index contributed by atoms with van der Waals surface area (Å²) < 4.78 is 25.0. The van der Waals surface area contributed by atoms with Crippen LogP contribution in [0.5, 0.6) is 0 Å². The van der Waals surface area contributed by atoms with Gasteiger partial charge in [0.25, 0.3) is 0 Å². The first-order valence-electron chi connectivity index (χ1n) is 15.4. The van der Waals surface area contributed by atoms with E-state index in [9.17, 15) is 15.0 Å². The number of likely N-dealkylation sites (N-methyl/N-ethyl adjacent to an activating group) is 1. The van der Waals surface area contributed by atoms with Crippen molar-refractivity contribution in [1.29, 1.82) is 0 Å². The van der Waals surface area contributed by atoms with E-state index in [-0.39, 0.29) is 47.8 Å². The molecule has 0 radical (unpaired) electrons. The van der Waals surface area contributed by atoms with E-state index in [4.69, 9.17) is 18.9 Å². The lowest BCUT2D eigenvalue weighted by atomic mass is 9.43. The average Bonchev–Trinajstić information content (AvgIpc) is 3.37. The Kier molecular flexibility index (Phi) is 6.38. The minimum absolute atomic E-state index is 0.00481. The molecule has 13 atom stereocenters. The maximum absolute atomic E-state index is 13.3. The number of aliphatic hydroxyl groups is 2. The van der Waals surface area contributed by atoms with Gasteiger partial charge < -0.3 is 29.2 Å². The summed E-state index contributed by atoms with van der Waals surface area (Å²) in [7, 11) is 5.13. The number of fused-ring (bicyclic) bond motifs is 2. The number of likely N-dealkylation sites (tertiary alicyclic amines) is 1. The highest BCUT2D eigenvalue weighted by atomic mass is 16.6. The fourth-order valence-corrected chi connectivity index (χ4v) is 11.7. The van der Waals surface area contributed by atoms with Gasteiger partial charge in [-0.1, -0.05) is 44.2 Å². The minimum atomic E-state index is -1.58. The average molecular weight is 568 g/mol. The van der Waals surface area contributed by atoms with Crippen LogP contribution < -0.4 is 0 Å². The molecule has 1 saturated heterocycles. The van der Waals surface area contributed by atoms with Crippen molar-refractivity contribution in [1.82, 2.24) is 4.90 Å². The molecule has 0 unspecified atom stereocenters. The fourth-order valence-electron chi connectivity index (χ4n) is 11.7. The molecular formula is C33H45NO7. The highest BCUT2D eigenvalue weighted by Crippen LogP contribution is 2.80. The van der Waals surface area contributed by atoms with Crippen LogP contribution in [-0.2, 0) is 23.7 Å². The summed E-state index contributed by atoms with van der Waals surface area (Å²) in [6.45, 7) is 6.10. The Morgan fingerprint density at radius 1 is 1.12 bits per heavy atom. The van der Waals surface area contributed by atoms with E-state index >= 15 is 0 Å². The van der Waals surface area contributed by atoms with Crippen molar-refractivity contribution >= 4 is 12.0 Å². The van der Waals surface area contributed by atoms with Gasteiger partial charge in [0.1, 0.15) is 17.3 Å². The van der Waals surface area contributed by atoms with Gasteiger partial charge in [0, 0.05) is 63.5 Å². The molecule has 8 nitrogen and oxygen atoms in total. The normalized spacial score (nSPS) is 51.2. The molecule has 7 rings (SSSR count). The Bertz CT molecular complexity index is 1230. The summed E-state index contributed by atoms with van der Waals surface area (Å²) in [5.74, 6) is -0.993. The van der Waals surface area contributed by atoms with E-state index in [0.717, 1.165) is 37.9 Å². The number of carbonyl (C=O) groups is 1. The minimum Gasteiger partial charge on any atom is -0.458 e. The predicted molar refractivity (Wildman–Crippen MR) is 152 cm³/mol. The van der Waals surface area contributed by atoms with E-state index in [1.54, 1.807) is 27.4 Å². The van der Waals surface area contributed by atoms with Gasteiger partial charge in [-0.15, -0.1) is 0 Å². The van der Waals surface area contributed by atoms with E-state index in [0.29, 0.717) is 0 Å². The van der Waals surface area contributed by atoms with Crippen molar-refractivity contribution in [2.24, 2.45) is 34.5 Å². The third kappa shape index (κ3) is 3.24. The SMILES string of the molecule is CCN1C[C@]2(C)CC[C@H](OC)[C@@]34[C@@H]5C[C@H]6[C@H](OC(=O)/C=C/c7ccccc7)[C@@H]5[C@](O)(C[C@@H]6OC)[C@](O)([C@@H](OC)[C@H]23)[C@@H]14. The highest BCUT2D eigenvalue weighted by Gasteiger charge is 2.91. The molecule has 8 heteroatoms. The summed E-state index contributed by atoms with van der Waals surface area (Å²) in [4.78, 5) is 15.7. The quantitative estimate of drug-likeness (QED) is 0.384. The van der Waals surface area contributed by atoms with Gasteiger partial charge in [0.05, 0.1) is 24.4 Å². The second kappa shape index (κ2) is 9.34. The van der Waals surface area contributed by atoms with Crippen molar-refractivity contribution in [3.8, 4) is 0 Å². The van der Waals surface area contributed by atoms with E-state index in [1.165, 1.54) is 6.08 Å². The highest BCUT2D eigenvalue weighted by molar-refractivity contribution is 5.87. The third-order valence-electron chi connectivity index (χ3n) is 12.7. The number of benzene rings is 1. The largest absolute Gasteiger partial charge is 0.458 e. The van der Waals surface area contributed by atoms with Gasteiger partial charge in [0.2, 0.25) is 0 Å². The summed E-state index contributed by atoms with van der Waals surface area (Å²) in [6.07, 6.45) is 4.50. The molecule has 6 fully saturated rings. The van der Waals surface area contributed by atoms with Crippen LogP contribution in [0.3, 0.4) is 0 Å². The number of methoxy groups -OCH3 is 3. The van der Waals surface area contributed by atoms with Crippen molar-refractivity contribution in [2.45, 2.75) is 81.2 Å². The zero-order valence-corrected chi connectivity index (χ0v) is 24.9. The summed E-state index contributed by atoms with van der Waals surface area (Å²) in [5.41, 5.74) is -2.80. The smallest absolute Gasteiger partial charge is 0.331 e. The summed E-state index contributed by atoms with van der Waals surface area (Å²) in [5, 5.41) is 26.3. The van der Waals surface area contributed by atoms with E-state index < -0.39 is 40.7 Å². The molecule has 5 aliphatic carbocycles. The number of hydrogen-bond acceptors (Lipinski definition) is 8. The first-order chi connectivity index (χ1) is 19.6. The maximum Gasteiger partial charge on any atom is 0.331 e. The zero-order chi connectivity index (χ0) is 28.9. The van der Waals surface area contributed by atoms with Gasteiger partial charge in [-0.05, 0) is 48.8 Å². The van der Waals surface area contributed by atoms with E-state index in [2.05, 4.69) is 18.7 Å². The molecule has 1 heterocycles. The molecule has 1 aromatic rings. The monoisotopic (exact) mass is 567 g/mol. The van der Waals surface area contributed by atoms with Crippen molar-refractivity contribution in [3.63, 3.8) is 0 Å². The fraction of sp³-hybridized carbons (Fsp3) is 0.727. The number of carbonyl (C=O) groups excluding carboxylic acids is 1. The lowest BCUT2D eigenvalue weighted by Gasteiger charge is -2.69. The number of ether oxygens (including phenoxy) is 4. The summed E-state index contributed by atoms with van der Waals surface area (Å²) >= 11 is 0. The maximum atomic E-state index is 13.3. The lowest BCUT2D eigenvalue weighted by molar-refractivity contribution is -0.317. The van der Waals surface area contributed by atoms with Gasteiger partial charge in [-0.25, -0.2) is 4.79 Å². The molecule has 0 aromatic heterocycles. The molecule has 0 amide bonds. The van der Waals surface area contributed by atoms with Crippen LogP contribution in [-0.4, -0.2) is 97.2 Å². The van der Waals surface area contributed by atoms with Crippen LogP contribution in [0.1, 0.15) is 45.1 Å². The number of nitrogens with zero attached hydrogens (tertiary/aromatic N) is 1. The Morgan fingerprint density at radius 2 is 1.88 bits per heavy atom. The van der Waals surface area contributed by atoms with Crippen LogP contribution in [0.2, 0.25) is 0 Å². The van der Waals surface area contributed by atoms with Gasteiger partial charge in [-0.3, -0.25) is 4.90 Å². The Labute approximate surface area is 243 Å².